The minimum atomic E-state index is -5.08. The van der Waals surface area contributed by atoms with Gasteiger partial charge in [-0.3, -0.25) is 4.90 Å². The Kier molecular flexibility index (Phi) is 10.5. The zero-order valence-electron chi connectivity index (χ0n) is 20.1. The first-order valence-electron chi connectivity index (χ1n) is 11.2. The third kappa shape index (κ3) is 10.2. The molecule has 212 valence electrons. The molecule has 0 bridgehead atoms. The second kappa shape index (κ2) is 12.9. The number of nitrogens with zero attached hydrogens (tertiary/aromatic N) is 3. The van der Waals surface area contributed by atoms with E-state index < -0.39 is 24.3 Å². The predicted octanol–water partition coefficient (Wildman–Crippen LogP) is 3.88. The summed E-state index contributed by atoms with van der Waals surface area (Å²) >= 11 is 0. The molecule has 2 aliphatic heterocycles. The fourth-order valence-corrected chi connectivity index (χ4v) is 3.88. The lowest BCUT2D eigenvalue weighted by atomic mass is 9.89. The first-order chi connectivity index (χ1) is 17.6. The lowest BCUT2D eigenvalue weighted by Crippen LogP contribution is -2.46. The Balaban J connectivity index is 0.000000301. The van der Waals surface area contributed by atoms with Gasteiger partial charge in [-0.2, -0.15) is 26.3 Å². The number of ether oxygens (including phenoxy) is 1. The van der Waals surface area contributed by atoms with Crippen molar-refractivity contribution in [3.05, 3.63) is 41.9 Å². The van der Waals surface area contributed by atoms with Gasteiger partial charge in [-0.25, -0.2) is 14.6 Å². The molecule has 2 atom stereocenters. The Labute approximate surface area is 212 Å². The summed E-state index contributed by atoms with van der Waals surface area (Å²) in [6.45, 7) is 5.57. The molecule has 2 saturated heterocycles. The normalized spacial score (nSPS) is 21.6. The van der Waals surface area contributed by atoms with Gasteiger partial charge in [0.2, 0.25) is 0 Å². The van der Waals surface area contributed by atoms with E-state index in [0.29, 0.717) is 6.04 Å². The van der Waals surface area contributed by atoms with Crippen molar-refractivity contribution in [2.75, 3.05) is 25.0 Å². The summed E-state index contributed by atoms with van der Waals surface area (Å²) in [5.41, 5.74) is 0.965. The maximum absolute atomic E-state index is 10.6. The highest BCUT2D eigenvalue weighted by molar-refractivity contribution is 5.73. The fraction of sp³-hybridized carbons (Fsp3) is 0.545. The van der Waals surface area contributed by atoms with Crippen molar-refractivity contribution in [2.24, 2.45) is 0 Å². The average molecular weight is 556 g/mol. The van der Waals surface area contributed by atoms with Gasteiger partial charge in [0, 0.05) is 44.5 Å². The highest BCUT2D eigenvalue weighted by atomic mass is 19.4. The molecule has 38 heavy (non-hydrogen) atoms. The number of hydrogen-bond acceptors (Lipinski definition) is 8. The first kappa shape index (κ1) is 30.8. The summed E-state index contributed by atoms with van der Waals surface area (Å²) in [5, 5.41) is 21.9. The lowest BCUT2D eigenvalue weighted by molar-refractivity contribution is -0.193. The smallest absolute Gasteiger partial charge is 0.475 e. The molecule has 0 aromatic carbocycles. The van der Waals surface area contributed by atoms with Crippen LogP contribution in [0.5, 0.6) is 0 Å². The third-order valence-corrected chi connectivity index (χ3v) is 5.45. The first-order valence-corrected chi connectivity index (χ1v) is 11.2. The van der Waals surface area contributed by atoms with E-state index in [1.165, 1.54) is 0 Å². The summed E-state index contributed by atoms with van der Waals surface area (Å²) < 4.78 is 74.9. The zero-order chi connectivity index (χ0) is 28.6. The van der Waals surface area contributed by atoms with Gasteiger partial charge >= 0.3 is 24.3 Å². The molecule has 2 aliphatic rings. The topological polar surface area (TPSA) is 138 Å². The number of aromatic nitrogens is 2. The number of aliphatic carboxylic acids is 2. The van der Waals surface area contributed by atoms with Crippen molar-refractivity contribution in [1.82, 2.24) is 15.0 Å². The minimum absolute atomic E-state index is 0.0382. The van der Waals surface area contributed by atoms with E-state index in [2.05, 4.69) is 20.4 Å². The summed E-state index contributed by atoms with van der Waals surface area (Å²) in [5.74, 6) is -3.69. The number of likely N-dealkylation sites (tertiary alicyclic amines) is 1. The molecule has 0 saturated carbocycles. The molecule has 4 heterocycles. The minimum Gasteiger partial charge on any atom is -0.475 e. The monoisotopic (exact) mass is 556 g/mol. The van der Waals surface area contributed by atoms with Crippen LogP contribution in [-0.4, -0.2) is 80.9 Å². The largest absolute Gasteiger partial charge is 0.490 e. The van der Waals surface area contributed by atoms with Gasteiger partial charge in [0.1, 0.15) is 11.6 Å². The summed E-state index contributed by atoms with van der Waals surface area (Å²) in [6.07, 6.45) is -5.21. The molecule has 2 aromatic rings. The third-order valence-electron chi connectivity index (χ3n) is 5.45. The SMILES string of the molecule is Cc1cc(CN2CC[C@@]3(C[C@H](Nc4ccccn4)CCO3)C2)no1.O=C(O)C(F)(F)F.O=C(O)C(F)(F)F. The van der Waals surface area contributed by atoms with Crippen molar-refractivity contribution in [1.29, 1.82) is 0 Å². The van der Waals surface area contributed by atoms with Crippen molar-refractivity contribution in [3.8, 4) is 0 Å². The van der Waals surface area contributed by atoms with Gasteiger partial charge in [0.15, 0.2) is 0 Å². The number of nitrogens with one attached hydrogen (secondary N) is 1. The number of alkyl halides is 6. The van der Waals surface area contributed by atoms with Crippen LogP contribution in [0, 0.1) is 6.92 Å². The second-order valence-electron chi connectivity index (χ2n) is 8.58. The molecular formula is C22H26F6N4O6. The predicted molar refractivity (Wildman–Crippen MR) is 118 cm³/mol. The molecule has 0 aliphatic carbocycles. The highest BCUT2D eigenvalue weighted by Gasteiger charge is 2.43. The van der Waals surface area contributed by atoms with E-state index in [4.69, 9.17) is 29.1 Å². The molecule has 10 nitrogen and oxygen atoms in total. The molecular weight excluding hydrogens is 530 g/mol. The van der Waals surface area contributed by atoms with Gasteiger partial charge in [-0.1, -0.05) is 11.2 Å². The number of aryl methyl sites for hydroxylation is 1. The van der Waals surface area contributed by atoms with Crippen molar-refractivity contribution < 1.29 is 55.4 Å². The van der Waals surface area contributed by atoms with Gasteiger partial charge in [0.25, 0.3) is 0 Å². The van der Waals surface area contributed by atoms with Gasteiger partial charge in [-0.15, -0.1) is 0 Å². The van der Waals surface area contributed by atoms with E-state index in [1.807, 2.05) is 37.4 Å². The number of pyridine rings is 1. The Bertz CT molecular complexity index is 1020. The Hall–Kier alpha value is -3.40. The van der Waals surface area contributed by atoms with Crippen LogP contribution in [-0.2, 0) is 20.9 Å². The number of rotatable bonds is 4. The number of carbonyl (C=O) groups is 2. The molecule has 3 N–H and O–H groups in total. The summed E-state index contributed by atoms with van der Waals surface area (Å²) in [6, 6.07) is 8.41. The maximum atomic E-state index is 10.6. The van der Waals surface area contributed by atoms with Crippen LogP contribution in [0.15, 0.2) is 35.0 Å². The molecule has 0 unspecified atom stereocenters. The van der Waals surface area contributed by atoms with E-state index in [-0.39, 0.29) is 5.60 Å². The molecule has 1 spiro atoms. The van der Waals surface area contributed by atoms with Crippen LogP contribution in [0.25, 0.3) is 0 Å². The van der Waals surface area contributed by atoms with Gasteiger partial charge in [-0.05, 0) is 38.3 Å². The molecule has 2 fully saturated rings. The van der Waals surface area contributed by atoms with E-state index in [9.17, 15) is 26.3 Å². The standard InChI is InChI=1S/C18H24N4O2.2C2HF3O2/c1-14-10-16(21-24-14)12-22-8-6-18(13-22)11-15(5-9-23-18)20-17-4-2-3-7-19-17;2*3-2(4,5)1(6)7/h2-4,7,10,15H,5-6,8-9,11-13H2,1H3,(H,19,20);2*(H,6,7)/t15-,18-;;/m1../s1. The quantitative estimate of drug-likeness (QED) is 0.476. The lowest BCUT2D eigenvalue weighted by Gasteiger charge is -2.38. The van der Waals surface area contributed by atoms with Crippen molar-refractivity contribution in [2.45, 2.75) is 56.7 Å². The fourth-order valence-electron chi connectivity index (χ4n) is 3.88. The van der Waals surface area contributed by atoms with Gasteiger partial charge in [0.05, 0.1) is 11.3 Å². The molecule has 0 amide bonds. The highest BCUT2D eigenvalue weighted by Crippen LogP contribution is 2.35. The summed E-state index contributed by atoms with van der Waals surface area (Å²) in [4.78, 5) is 24.6. The van der Waals surface area contributed by atoms with E-state index in [0.717, 1.165) is 62.8 Å². The molecule has 0 radical (unpaired) electrons. The molecule has 16 heteroatoms. The molecule has 2 aromatic heterocycles. The molecule has 4 rings (SSSR count). The number of hydrogen-bond donors (Lipinski definition) is 3. The van der Waals surface area contributed by atoms with Crippen LogP contribution in [0.4, 0.5) is 32.2 Å². The van der Waals surface area contributed by atoms with E-state index >= 15 is 0 Å². The Morgan fingerprint density at radius 1 is 1.16 bits per heavy atom. The Morgan fingerprint density at radius 3 is 2.29 bits per heavy atom. The van der Waals surface area contributed by atoms with Crippen molar-refractivity contribution in [3.63, 3.8) is 0 Å². The number of anilines is 1. The van der Waals surface area contributed by atoms with Crippen LogP contribution >= 0.6 is 0 Å². The van der Waals surface area contributed by atoms with Gasteiger partial charge < -0.3 is 24.8 Å². The van der Waals surface area contributed by atoms with Crippen molar-refractivity contribution >= 4 is 17.8 Å². The number of carboxylic acid groups (broad SMARTS) is 2. The van der Waals surface area contributed by atoms with Crippen LogP contribution in [0.3, 0.4) is 0 Å². The van der Waals surface area contributed by atoms with Crippen LogP contribution in [0.1, 0.15) is 30.7 Å². The van der Waals surface area contributed by atoms with Crippen LogP contribution < -0.4 is 5.32 Å². The number of carboxylic acids is 2. The van der Waals surface area contributed by atoms with Crippen LogP contribution in [0.2, 0.25) is 0 Å². The Morgan fingerprint density at radius 2 is 1.79 bits per heavy atom. The zero-order valence-corrected chi connectivity index (χ0v) is 20.1. The number of halogens is 6. The maximum Gasteiger partial charge on any atom is 0.490 e. The van der Waals surface area contributed by atoms with E-state index in [1.54, 1.807) is 0 Å². The second-order valence-corrected chi connectivity index (χ2v) is 8.58. The summed E-state index contributed by atoms with van der Waals surface area (Å²) in [7, 11) is 0. The average Bonchev–Trinajstić information content (AvgIpc) is 3.39.